The summed E-state index contributed by atoms with van der Waals surface area (Å²) >= 11 is 0. The number of likely N-dealkylation sites (tertiary alicyclic amines) is 1. The SMILES string of the molecule is CC(C)C1CCCN1C(=O)Cc1ccccc1N. The minimum atomic E-state index is 0.212. The van der Waals surface area contributed by atoms with Crippen LogP contribution in [0.4, 0.5) is 5.69 Å². The molecule has 1 atom stereocenters. The van der Waals surface area contributed by atoms with Crippen LogP contribution in [0.2, 0.25) is 0 Å². The van der Waals surface area contributed by atoms with Crippen molar-refractivity contribution >= 4 is 11.6 Å². The monoisotopic (exact) mass is 246 g/mol. The predicted molar refractivity (Wildman–Crippen MR) is 74.1 cm³/mol. The zero-order valence-corrected chi connectivity index (χ0v) is 11.2. The highest BCUT2D eigenvalue weighted by Gasteiger charge is 2.30. The van der Waals surface area contributed by atoms with Gasteiger partial charge in [-0.2, -0.15) is 0 Å². The van der Waals surface area contributed by atoms with Gasteiger partial charge in [0.2, 0.25) is 5.91 Å². The Bertz CT molecular complexity index is 428. The second-order valence-corrected chi connectivity index (χ2v) is 5.42. The normalized spacial score (nSPS) is 19.5. The van der Waals surface area contributed by atoms with E-state index >= 15 is 0 Å². The third kappa shape index (κ3) is 2.66. The number of anilines is 1. The van der Waals surface area contributed by atoms with Crippen LogP contribution in [0.25, 0.3) is 0 Å². The van der Waals surface area contributed by atoms with Crippen molar-refractivity contribution in [3.8, 4) is 0 Å². The molecule has 3 heteroatoms. The van der Waals surface area contributed by atoms with Crippen LogP contribution in [0.15, 0.2) is 24.3 Å². The van der Waals surface area contributed by atoms with Gasteiger partial charge in [0.05, 0.1) is 6.42 Å². The van der Waals surface area contributed by atoms with Gasteiger partial charge in [0, 0.05) is 18.3 Å². The van der Waals surface area contributed by atoms with Crippen molar-refractivity contribution in [1.82, 2.24) is 4.90 Å². The molecular weight excluding hydrogens is 224 g/mol. The van der Waals surface area contributed by atoms with E-state index in [0.717, 1.165) is 24.9 Å². The number of carbonyl (C=O) groups excluding carboxylic acids is 1. The molecule has 2 N–H and O–H groups in total. The third-order valence-electron chi connectivity index (χ3n) is 3.79. The zero-order valence-electron chi connectivity index (χ0n) is 11.2. The van der Waals surface area contributed by atoms with E-state index in [4.69, 9.17) is 5.73 Å². The first-order valence-electron chi connectivity index (χ1n) is 6.72. The van der Waals surface area contributed by atoms with Gasteiger partial charge in [-0.05, 0) is 30.4 Å². The molecule has 1 saturated heterocycles. The van der Waals surface area contributed by atoms with E-state index in [1.54, 1.807) is 0 Å². The largest absolute Gasteiger partial charge is 0.398 e. The van der Waals surface area contributed by atoms with E-state index in [1.165, 1.54) is 0 Å². The average Bonchev–Trinajstić information content (AvgIpc) is 2.81. The van der Waals surface area contributed by atoms with E-state index in [9.17, 15) is 4.79 Å². The molecule has 1 unspecified atom stereocenters. The van der Waals surface area contributed by atoms with Crippen LogP contribution in [0, 0.1) is 5.92 Å². The van der Waals surface area contributed by atoms with Crippen molar-refractivity contribution in [2.45, 2.75) is 39.2 Å². The smallest absolute Gasteiger partial charge is 0.227 e. The fourth-order valence-corrected chi connectivity index (χ4v) is 2.75. The van der Waals surface area contributed by atoms with Crippen molar-refractivity contribution in [2.24, 2.45) is 5.92 Å². The maximum atomic E-state index is 12.4. The first-order valence-corrected chi connectivity index (χ1v) is 6.72. The Hall–Kier alpha value is -1.51. The number of benzene rings is 1. The van der Waals surface area contributed by atoms with Crippen LogP contribution in [0.5, 0.6) is 0 Å². The summed E-state index contributed by atoms with van der Waals surface area (Å²) < 4.78 is 0. The topological polar surface area (TPSA) is 46.3 Å². The van der Waals surface area contributed by atoms with Gasteiger partial charge < -0.3 is 10.6 Å². The molecule has 98 valence electrons. The minimum Gasteiger partial charge on any atom is -0.398 e. The number of amides is 1. The van der Waals surface area contributed by atoms with Crippen molar-refractivity contribution in [3.63, 3.8) is 0 Å². The van der Waals surface area contributed by atoms with Crippen molar-refractivity contribution < 1.29 is 4.79 Å². The summed E-state index contributed by atoms with van der Waals surface area (Å²) in [5, 5.41) is 0. The van der Waals surface area contributed by atoms with E-state index in [1.807, 2.05) is 29.2 Å². The molecule has 0 spiro atoms. The molecular formula is C15H22N2O. The fourth-order valence-electron chi connectivity index (χ4n) is 2.75. The molecule has 1 fully saturated rings. The summed E-state index contributed by atoms with van der Waals surface area (Å²) in [5.74, 6) is 0.744. The average molecular weight is 246 g/mol. The first-order chi connectivity index (χ1) is 8.59. The molecule has 1 heterocycles. The lowest BCUT2D eigenvalue weighted by Gasteiger charge is -2.28. The third-order valence-corrected chi connectivity index (χ3v) is 3.79. The number of hydrogen-bond donors (Lipinski definition) is 1. The molecule has 0 bridgehead atoms. The lowest BCUT2D eigenvalue weighted by Crippen LogP contribution is -2.39. The van der Waals surface area contributed by atoms with Crippen LogP contribution in [-0.2, 0) is 11.2 Å². The fraction of sp³-hybridized carbons (Fsp3) is 0.533. The van der Waals surface area contributed by atoms with E-state index in [2.05, 4.69) is 13.8 Å². The summed E-state index contributed by atoms with van der Waals surface area (Å²) in [6, 6.07) is 8.03. The van der Waals surface area contributed by atoms with Crippen LogP contribution in [-0.4, -0.2) is 23.4 Å². The quantitative estimate of drug-likeness (QED) is 0.833. The molecule has 3 nitrogen and oxygen atoms in total. The van der Waals surface area contributed by atoms with E-state index < -0.39 is 0 Å². The Morgan fingerprint density at radius 1 is 1.44 bits per heavy atom. The molecule has 0 aliphatic carbocycles. The molecule has 2 rings (SSSR count). The van der Waals surface area contributed by atoms with Crippen LogP contribution < -0.4 is 5.73 Å². The second kappa shape index (κ2) is 5.42. The maximum Gasteiger partial charge on any atom is 0.227 e. The van der Waals surface area contributed by atoms with Gasteiger partial charge in [-0.3, -0.25) is 4.79 Å². The van der Waals surface area contributed by atoms with Gasteiger partial charge >= 0.3 is 0 Å². The lowest BCUT2D eigenvalue weighted by molar-refractivity contribution is -0.132. The van der Waals surface area contributed by atoms with Gasteiger partial charge in [-0.15, -0.1) is 0 Å². The van der Waals surface area contributed by atoms with E-state index in [-0.39, 0.29) is 5.91 Å². The number of para-hydroxylation sites is 1. The molecule has 1 aliphatic heterocycles. The highest BCUT2D eigenvalue weighted by molar-refractivity contribution is 5.81. The van der Waals surface area contributed by atoms with Gasteiger partial charge in [-0.1, -0.05) is 32.0 Å². The maximum absolute atomic E-state index is 12.4. The molecule has 0 aromatic heterocycles. The van der Waals surface area contributed by atoms with Gasteiger partial charge in [-0.25, -0.2) is 0 Å². The highest BCUT2D eigenvalue weighted by Crippen LogP contribution is 2.25. The molecule has 18 heavy (non-hydrogen) atoms. The summed E-state index contributed by atoms with van der Waals surface area (Å²) in [5.41, 5.74) is 7.55. The van der Waals surface area contributed by atoms with Crippen molar-refractivity contribution in [2.75, 3.05) is 12.3 Å². The molecule has 1 amide bonds. The molecule has 0 radical (unpaired) electrons. The van der Waals surface area contributed by atoms with Crippen molar-refractivity contribution in [3.05, 3.63) is 29.8 Å². The van der Waals surface area contributed by atoms with Crippen LogP contribution >= 0.6 is 0 Å². The Balaban J connectivity index is 2.06. The first kappa shape index (κ1) is 12.9. The molecule has 0 saturated carbocycles. The number of nitrogens with zero attached hydrogens (tertiary/aromatic N) is 1. The summed E-state index contributed by atoms with van der Waals surface area (Å²) in [7, 11) is 0. The van der Waals surface area contributed by atoms with Crippen LogP contribution in [0.1, 0.15) is 32.3 Å². The number of carbonyl (C=O) groups is 1. The molecule has 1 aromatic rings. The highest BCUT2D eigenvalue weighted by atomic mass is 16.2. The molecule has 1 aliphatic rings. The van der Waals surface area contributed by atoms with E-state index in [0.29, 0.717) is 24.1 Å². The van der Waals surface area contributed by atoms with Gasteiger partial charge in [0.1, 0.15) is 0 Å². The number of hydrogen-bond acceptors (Lipinski definition) is 2. The molecule has 1 aromatic carbocycles. The van der Waals surface area contributed by atoms with Crippen molar-refractivity contribution in [1.29, 1.82) is 0 Å². The summed E-state index contributed by atoms with van der Waals surface area (Å²) in [4.78, 5) is 14.4. The Morgan fingerprint density at radius 3 is 2.83 bits per heavy atom. The number of rotatable bonds is 3. The zero-order chi connectivity index (χ0) is 13.1. The minimum absolute atomic E-state index is 0.212. The second-order valence-electron chi connectivity index (χ2n) is 5.42. The van der Waals surface area contributed by atoms with Crippen LogP contribution in [0.3, 0.4) is 0 Å². The summed E-state index contributed by atoms with van der Waals surface area (Å²) in [6.45, 7) is 5.27. The predicted octanol–water partition coefficient (Wildman–Crippen LogP) is 2.46. The van der Waals surface area contributed by atoms with Gasteiger partial charge in [0.25, 0.3) is 0 Å². The Kier molecular flexibility index (Phi) is 3.90. The number of nitrogen functional groups attached to an aromatic ring is 1. The Labute approximate surface area is 109 Å². The summed E-state index contributed by atoms with van der Waals surface area (Å²) in [6.07, 6.45) is 2.68. The lowest BCUT2D eigenvalue weighted by atomic mass is 10.0. The van der Waals surface area contributed by atoms with Gasteiger partial charge in [0.15, 0.2) is 0 Å². The standard InChI is InChI=1S/C15H22N2O/c1-11(2)14-8-5-9-17(14)15(18)10-12-6-3-4-7-13(12)16/h3-4,6-7,11,14H,5,8-10,16H2,1-2H3. The number of nitrogens with two attached hydrogens (primary N) is 1. The Morgan fingerprint density at radius 2 is 2.17 bits per heavy atom.